The summed E-state index contributed by atoms with van der Waals surface area (Å²) in [6.07, 6.45) is 1.38. The van der Waals surface area contributed by atoms with Crippen molar-refractivity contribution in [2.75, 3.05) is 5.32 Å². The van der Waals surface area contributed by atoms with Gasteiger partial charge in [0.1, 0.15) is 5.69 Å². The third-order valence-electron chi connectivity index (χ3n) is 3.47. The number of pyridine rings is 1. The van der Waals surface area contributed by atoms with Crippen LogP contribution in [0.25, 0.3) is 0 Å². The standard InChI is InChI=1S/C17H19N3O3/c1-11(2)15(12-6-4-3-5-7-12)17(22)19-13-8-9-14(18-10-13)16(21)20-23/h3-11,15,23H,1-2H3,(H,19,22)(H,20,21). The van der Waals surface area contributed by atoms with E-state index in [1.54, 1.807) is 6.07 Å². The van der Waals surface area contributed by atoms with Crippen molar-refractivity contribution in [1.29, 1.82) is 0 Å². The van der Waals surface area contributed by atoms with Crippen LogP contribution < -0.4 is 10.8 Å². The van der Waals surface area contributed by atoms with Crippen molar-refractivity contribution >= 4 is 17.5 Å². The SMILES string of the molecule is CC(C)C(C(=O)Nc1ccc(C(=O)NO)nc1)c1ccccc1. The van der Waals surface area contributed by atoms with Gasteiger partial charge in [-0.15, -0.1) is 0 Å². The number of nitrogens with zero attached hydrogens (tertiary/aromatic N) is 1. The first kappa shape index (κ1) is 16.6. The van der Waals surface area contributed by atoms with Crippen LogP contribution in [0.5, 0.6) is 0 Å². The molecule has 0 aliphatic heterocycles. The first-order valence-electron chi connectivity index (χ1n) is 7.29. The largest absolute Gasteiger partial charge is 0.324 e. The number of amides is 2. The molecule has 0 bridgehead atoms. The van der Waals surface area contributed by atoms with Crippen molar-refractivity contribution in [3.05, 3.63) is 59.9 Å². The second kappa shape index (κ2) is 7.51. The predicted octanol–water partition coefficient (Wildman–Crippen LogP) is 2.58. The molecule has 1 aromatic carbocycles. The third kappa shape index (κ3) is 4.14. The number of hydroxylamine groups is 1. The second-order valence-corrected chi connectivity index (χ2v) is 5.49. The van der Waals surface area contributed by atoms with Gasteiger partial charge >= 0.3 is 0 Å². The van der Waals surface area contributed by atoms with E-state index >= 15 is 0 Å². The molecule has 1 heterocycles. The summed E-state index contributed by atoms with van der Waals surface area (Å²) in [4.78, 5) is 27.7. The lowest BCUT2D eigenvalue weighted by Gasteiger charge is -2.20. The zero-order valence-corrected chi connectivity index (χ0v) is 13.0. The fourth-order valence-electron chi connectivity index (χ4n) is 2.38. The van der Waals surface area contributed by atoms with Crippen molar-refractivity contribution in [2.45, 2.75) is 19.8 Å². The minimum Gasteiger partial charge on any atom is -0.324 e. The number of nitrogens with one attached hydrogen (secondary N) is 2. The molecule has 0 saturated heterocycles. The molecule has 23 heavy (non-hydrogen) atoms. The van der Waals surface area contributed by atoms with Gasteiger partial charge in [0.15, 0.2) is 0 Å². The number of rotatable bonds is 5. The molecular weight excluding hydrogens is 294 g/mol. The Labute approximate surface area is 134 Å². The highest BCUT2D eigenvalue weighted by atomic mass is 16.5. The summed E-state index contributed by atoms with van der Waals surface area (Å²) < 4.78 is 0. The maximum absolute atomic E-state index is 12.6. The Hall–Kier alpha value is -2.73. The van der Waals surface area contributed by atoms with Crippen LogP contribution in [0.2, 0.25) is 0 Å². The Kier molecular flexibility index (Phi) is 5.43. The van der Waals surface area contributed by atoms with E-state index in [2.05, 4.69) is 10.3 Å². The summed E-state index contributed by atoms with van der Waals surface area (Å²) in [5.74, 6) is -0.985. The van der Waals surface area contributed by atoms with Crippen molar-refractivity contribution < 1.29 is 14.8 Å². The van der Waals surface area contributed by atoms with E-state index < -0.39 is 5.91 Å². The van der Waals surface area contributed by atoms with Crippen molar-refractivity contribution in [2.24, 2.45) is 5.92 Å². The first-order chi connectivity index (χ1) is 11.0. The zero-order valence-electron chi connectivity index (χ0n) is 13.0. The van der Waals surface area contributed by atoms with Crippen LogP contribution in [0.4, 0.5) is 5.69 Å². The topological polar surface area (TPSA) is 91.3 Å². The highest BCUT2D eigenvalue weighted by molar-refractivity contribution is 5.96. The fourth-order valence-corrected chi connectivity index (χ4v) is 2.38. The van der Waals surface area contributed by atoms with E-state index in [0.29, 0.717) is 5.69 Å². The first-order valence-corrected chi connectivity index (χ1v) is 7.29. The molecule has 6 heteroatoms. The lowest BCUT2D eigenvalue weighted by Crippen LogP contribution is -2.25. The third-order valence-corrected chi connectivity index (χ3v) is 3.47. The minimum atomic E-state index is -0.702. The lowest BCUT2D eigenvalue weighted by atomic mass is 9.87. The van der Waals surface area contributed by atoms with Crippen LogP contribution in [-0.2, 0) is 4.79 Å². The van der Waals surface area contributed by atoms with Crippen molar-refractivity contribution in [3.63, 3.8) is 0 Å². The average Bonchev–Trinajstić information content (AvgIpc) is 2.55. The van der Waals surface area contributed by atoms with Gasteiger partial charge in [-0.1, -0.05) is 44.2 Å². The van der Waals surface area contributed by atoms with Gasteiger partial charge in [-0.2, -0.15) is 0 Å². The van der Waals surface area contributed by atoms with Gasteiger partial charge in [0.2, 0.25) is 5.91 Å². The average molecular weight is 313 g/mol. The van der Waals surface area contributed by atoms with E-state index in [9.17, 15) is 9.59 Å². The number of carbonyl (C=O) groups excluding carboxylic acids is 2. The fraction of sp³-hybridized carbons (Fsp3) is 0.235. The molecule has 0 aliphatic carbocycles. The lowest BCUT2D eigenvalue weighted by molar-refractivity contribution is -0.118. The molecule has 0 radical (unpaired) electrons. The minimum absolute atomic E-state index is 0.0639. The van der Waals surface area contributed by atoms with Gasteiger partial charge < -0.3 is 5.32 Å². The quantitative estimate of drug-likeness (QED) is 0.584. The van der Waals surface area contributed by atoms with E-state index in [0.717, 1.165) is 5.56 Å². The van der Waals surface area contributed by atoms with Crippen LogP contribution in [0.3, 0.4) is 0 Å². The van der Waals surface area contributed by atoms with Gasteiger partial charge in [-0.3, -0.25) is 14.8 Å². The van der Waals surface area contributed by atoms with Crippen LogP contribution >= 0.6 is 0 Å². The van der Waals surface area contributed by atoms with Crippen LogP contribution in [0.15, 0.2) is 48.7 Å². The molecule has 3 N–H and O–H groups in total. The Bertz CT molecular complexity index is 669. The molecule has 0 fully saturated rings. The molecule has 0 aliphatic rings. The summed E-state index contributed by atoms with van der Waals surface area (Å²) in [5.41, 5.74) is 3.01. The Morgan fingerprint density at radius 3 is 2.30 bits per heavy atom. The smallest absolute Gasteiger partial charge is 0.293 e. The van der Waals surface area contributed by atoms with E-state index in [1.165, 1.54) is 17.7 Å². The highest BCUT2D eigenvalue weighted by Gasteiger charge is 2.24. The maximum Gasteiger partial charge on any atom is 0.293 e. The van der Waals surface area contributed by atoms with E-state index in [-0.39, 0.29) is 23.4 Å². The summed E-state index contributed by atoms with van der Waals surface area (Å²) in [7, 11) is 0. The molecule has 0 spiro atoms. The van der Waals surface area contributed by atoms with Crippen LogP contribution in [0.1, 0.15) is 35.8 Å². The zero-order chi connectivity index (χ0) is 16.8. The number of anilines is 1. The van der Waals surface area contributed by atoms with Crippen LogP contribution in [-0.4, -0.2) is 22.0 Å². The monoisotopic (exact) mass is 313 g/mol. The Balaban J connectivity index is 2.14. The number of aromatic nitrogens is 1. The molecule has 1 atom stereocenters. The molecule has 1 aromatic heterocycles. The molecule has 0 saturated carbocycles. The summed E-state index contributed by atoms with van der Waals surface area (Å²) >= 11 is 0. The van der Waals surface area contributed by atoms with Gasteiger partial charge in [0, 0.05) is 0 Å². The van der Waals surface area contributed by atoms with Crippen molar-refractivity contribution in [3.8, 4) is 0 Å². The van der Waals surface area contributed by atoms with Gasteiger partial charge in [-0.25, -0.2) is 10.5 Å². The molecule has 2 amide bonds. The van der Waals surface area contributed by atoms with Gasteiger partial charge in [-0.05, 0) is 23.6 Å². The molecule has 6 nitrogen and oxygen atoms in total. The number of hydrogen-bond donors (Lipinski definition) is 3. The number of hydrogen-bond acceptors (Lipinski definition) is 4. The molecule has 2 aromatic rings. The van der Waals surface area contributed by atoms with Crippen LogP contribution in [0, 0.1) is 5.92 Å². The Morgan fingerprint density at radius 2 is 1.78 bits per heavy atom. The van der Waals surface area contributed by atoms with Crippen molar-refractivity contribution in [1.82, 2.24) is 10.5 Å². The molecule has 2 rings (SSSR count). The molecule has 1 unspecified atom stereocenters. The number of carbonyl (C=O) groups is 2. The Morgan fingerprint density at radius 1 is 1.09 bits per heavy atom. The van der Waals surface area contributed by atoms with E-state index in [1.807, 2.05) is 44.2 Å². The molecule has 120 valence electrons. The van der Waals surface area contributed by atoms with E-state index in [4.69, 9.17) is 5.21 Å². The van der Waals surface area contributed by atoms with Gasteiger partial charge in [0.05, 0.1) is 17.8 Å². The normalized spacial score (nSPS) is 11.8. The van der Waals surface area contributed by atoms with Gasteiger partial charge in [0.25, 0.3) is 5.91 Å². The summed E-state index contributed by atoms with van der Waals surface area (Å²) in [5, 5.41) is 11.4. The number of benzene rings is 1. The maximum atomic E-state index is 12.6. The second-order valence-electron chi connectivity index (χ2n) is 5.49. The predicted molar refractivity (Wildman–Crippen MR) is 86.1 cm³/mol. The molecular formula is C17H19N3O3. The summed E-state index contributed by atoms with van der Waals surface area (Å²) in [6, 6.07) is 12.6. The highest BCUT2D eigenvalue weighted by Crippen LogP contribution is 2.25. The summed E-state index contributed by atoms with van der Waals surface area (Å²) in [6.45, 7) is 3.98.